The van der Waals surface area contributed by atoms with E-state index in [9.17, 15) is 30.7 Å². The van der Waals surface area contributed by atoms with Gasteiger partial charge in [0.2, 0.25) is 5.75 Å². The van der Waals surface area contributed by atoms with Crippen LogP contribution in [0.2, 0.25) is 0 Å². The van der Waals surface area contributed by atoms with Gasteiger partial charge in [-0.1, -0.05) is 45.4 Å². The normalized spacial score (nSPS) is 22.6. The van der Waals surface area contributed by atoms with Gasteiger partial charge in [0, 0.05) is 12.1 Å². The van der Waals surface area contributed by atoms with Crippen LogP contribution in [0.4, 0.5) is 30.7 Å². The average molecular weight is 617 g/mol. The molecule has 0 unspecified atom stereocenters. The molecular weight excluding hydrogens is 577 g/mol. The van der Waals surface area contributed by atoms with Gasteiger partial charge in [0.05, 0.1) is 12.2 Å². The van der Waals surface area contributed by atoms with Gasteiger partial charge in [-0.15, -0.1) is 0 Å². The van der Waals surface area contributed by atoms with Crippen molar-refractivity contribution in [3.8, 4) is 17.2 Å². The molecule has 10 heteroatoms. The minimum Gasteiger partial charge on any atom is -0.493 e. The van der Waals surface area contributed by atoms with Crippen LogP contribution in [0.3, 0.4) is 0 Å². The van der Waals surface area contributed by atoms with Crippen LogP contribution in [-0.4, -0.2) is 6.61 Å². The highest BCUT2D eigenvalue weighted by atomic mass is 19.3. The van der Waals surface area contributed by atoms with Crippen molar-refractivity contribution in [1.29, 1.82) is 0 Å². The Bertz CT molecular complexity index is 1170. The van der Waals surface area contributed by atoms with Gasteiger partial charge in [-0.25, -0.2) is 8.78 Å². The van der Waals surface area contributed by atoms with E-state index in [0.717, 1.165) is 42.7 Å². The van der Waals surface area contributed by atoms with Crippen molar-refractivity contribution in [3.05, 3.63) is 65.7 Å². The Morgan fingerprint density at radius 1 is 0.767 bits per heavy atom. The van der Waals surface area contributed by atoms with Crippen LogP contribution >= 0.6 is 0 Å². The van der Waals surface area contributed by atoms with Gasteiger partial charge in [0.25, 0.3) is 0 Å². The van der Waals surface area contributed by atoms with Crippen molar-refractivity contribution in [2.45, 2.75) is 90.1 Å². The molecule has 0 saturated heterocycles. The molecule has 0 aliphatic heterocycles. The second-order valence-electron chi connectivity index (χ2n) is 11.9. The van der Waals surface area contributed by atoms with Crippen molar-refractivity contribution in [2.24, 2.45) is 23.7 Å². The van der Waals surface area contributed by atoms with Crippen LogP contribution in [0.15, 0.2) is 48.5 Å². The Kier molecular flexibility index (Phi) is 11.7. The summed E-state index contributed by atoms with van der Waals surface area (Å²) in [7, 11) is 0. The molecule has 2 saturated carbocycles. The molecule has 2 aromatic carbocycles. The summed E-state index contributed by atoms with van der Waals surface area (Å²) in [5.74, 6) is -2.51. The smallest absolute Gasteiger partial charge is 0.426 e. The fraction of sp³-hybridized carbons (Fsp3) is 0.576. The number of rotatable bonds is 13. The van der Waals surface area contributed by atoms with Crippen molar-refractivity contribution < 1.29 is 44.9 Å². The van der Waals surface area contributed by atoms with Crippen LogP contribution in [-0.2, 0) is 6.11 Å². The highest BCUT2D eigenvalue weighted by Crippen LogP contribution is 2.43. The summed E-state index contributed by atoms with van der Waals surface area (Å²) in [4.78, 5) is 0. The third kappa shape index (κ3) is 9.29. The molecule has 3 nitrogen and oxygen atoms in total. The molecule has 0 amide bonds. The number of benzene rings is 2. The number of alkyl halides is 2. The molecule has 0 N–H and O–H groups in total. The SMILES string of the molecule is CCCCCC1CCC(C2CCC(COc3ccc(C(F)(F)Oc4cc(F)c(OC(F)=C(F)F)c(F)c4)cc3)CC2)CC1. The quantitative estimate of drug-likeness (QED) is 0.127. The lowest BCUT2D eigenvalue weighted by atomic mass is 9.69. The van der Waals surface area contributed by atoms with E-state index in [1.54, 1.807) is 0 Å². The van der Waals surface area contributed by atoms with Gasteiger partial charge >= 0.3 is 18.2 Å². The fourth-order valence-corrected chi connectivity index (χ4v) is 6.45. The molecule has 2 aliphatic rings. The first-order valence-electron chi connectivity index (χ1n) is 15.2. The molecule has 2 aromatic rings. The van der Waals surface area contributed by atoms with Crippen molar-refractivity contribution in [2.75, 3.05) is 6.61 Å². The van der Waals surface area contributed by atoms with Gasteiger partial charge in [0.15, 0.2) is 11.6 Å². The largest absolute Gasteiger partial charge is 0.493 e. The van der Waals surface area contributed by atoms with E-state index in [0.29, 0.717) is 18.3 Å². The van der Waals surface area contributed by atoms with E-state index in [4.69, 9.17) is 4.74 Å². The van der Waals surface area contributed by atoms with Crippen molar-refractivity contribution in [1.82, 2.24) is 0 Å². The van der Waals surface area contributed by atoms with Crippen LogP contribution in [0.25, 0.3) is 0 Å². The maximum absolute atomic E-state index is 14.7. The second-order valence-corrected chi connectivity index (χ2v) is 11.9. The molecule has 238 valence electrons. The standard InChI is InChI=1S/C33H39F7O3/c1-2-3-4-5-21-6-10-23(11-7-21)24-12-8-22(9-13-24)20-41-26-16-14-25(15-17-26)33(39,40)43-27-18-28(34)30(29(35)19-27)42-32(38)31(36)37/h14-19,21-24H,2-13,20H2,1H3. The van der Waals surface area contributed by atoms with E-state index in [-0.39, 0.29) is 12.1 Å². The Labute approximate surface area is 248 Å². The van der Waals surface area contributed by atoms with Crippen molar-refractivity contribution in [3.63, 3.8) is 0 Å². The zero-order valence-electron chi connectivity index (χ0n) is 24.3. The lowest BCUT2D eigenvalue weighted by Crippen LogP contribution is -2.27. The van der Waals surface area contributed by atoms with Crippen molar-refractivity contribution >= 4 is 0 Å². The molecule has 0 radical (unpaired) electrons. The number of unbranched alkanes of at least 4 members (excludes halogenated alkanes) is 2. The second kappa shape index (κ2) is 15.2. The predicted octanol–water partition coefficient (Wildman–Crippen LogP) is 11.1. The first-order chi connectivity index (χ1) is 20.6. The summed E-state index contributed by atoms with van der Waals surface area (Å²) < 4.78 is 109. The van der Waals surface area contributed by atoms with Gasteiger partial charge in [-0.3, -0.25) is 0 Å². The minimum atomic E-state index is -4.00. The molecule has 0 atom stereocenters. The van der Waals surface area contributed by atoms with Crippen LogP contribution in [0, 0.1) is 35.3 Å². The monoisotopic (exact) mass is 616 g/mol. The fourth-order valence-electron chi connectivity index (χ4n) is 6.45. The summed E-state index contributed by atoms with van der Waals surface area (Å²) in [5.41, 5.74) is -0.602. The summed E-state index contributed by atoms with van der Waals surface area (Å²) >= 11 is 0. The van der Waals surface area contributed by atoms with Gasteiger partial charge in [-0.05, 0) is 86.5 Å². The average Bonchev–Trinajstić information content (AvgIpc) is 2.98. The summed E-state index contributed by atoms with van der Waals surface area (Å²) in [6.45, 7) is 2.75. The van der Waals surface area contributed by atoms with E-state index in [2.05, 4.69) is 16.4 Å². The van der Waals surface area contributed by atoms with Crippen LogP contribution < -0.4 is 14.2 Å². The third-order valence-electron chi connectivity index (χ3n) is 8.90. The molecular formula is C33H39F7O3. The highest BCUT2D eigenvalue weighted by Gasteiger charge is 2.36. The lowest BCUT2D eigenvalue weighted by molar-refractivity contribution is -0.185. The highest BCUT2D eigenvalue weighted by molar-refractivity contribution is 5.37. The topological polar surface area (TPSA) is 27.7 Å². The summed E-state index contributed by atoms with van der Waals surface area (Å²) in [6.07, 6.45) is 8.46. The van der Waals surface area contributed by atoms with Gasteiger partial charge in [0.1, 0.15) is 11.5 Å². The van der Waals surface area contributed by atoms with Crippen LogP contribution in [0.5, 0.6) is 17.2 Å². The van der Waals surface area contributed by atoms with E-state index in [1.165, 1.54) is 76.3 Å². The number of hydrogen-bond donors (Lipinski definition) is 0. The number of halogens is 7. The zero-order valence-corrected chi connectivity index (χ0v) is 24.3. The Morgan fingerprint density at radius 3 is 1.86 bits per heavy atom. The van der Waals surface area contributed by atoms with Crippen LogP contribution in [0.1, 0.15) is 89.5 Å². The number of ether oxygens (including phenoxy) is 3. The maximum atomic E-state index is 14.7. The molecule has 2 aliphatic carbocycles. The van der Waals surface area contributed by atoms with Gasteiger partial charge in [-0.2, -0.15) is 22.0 Å². The lowest BCUT2D eigenvalue weighted by Gasteiger charge is -2.38. The Balaban J connectivity index is 1.22. The molecule has 0 aromatic heterocycles. The first-order valence-corrected chi connectivity index (χ1v) is 15.2. The van der Waals surface area contributed by atoms with E-state index in [1.807, 2.05) is 0 Å². The van der Waals surface area contributed by atoms with E-state index < -0.39 is 46.9 Å². The molecule has 2 fully saturated rings. The molecule has 0 heterocycles. The minimum absolute atomic E-state index is 0.279. The summed E-state index contributed by atoms with van der Waals surface area (Å²) in [5, 5.41) is 0. The first kappa shape index (κ1) is 33.0. The third-order valence-corrected chi connectivity index (χ3v) is 8.90. The Morgan fingerprint density at radius 2 is 1.33 bits per heavy atom. The molecule has 43 heavy (non-hydrogen) atoms. The molecule has 0 spiro atoms. The summed E-state index contributed by atoms with van der Waals surface area (Å²) in [6, 6.07) is 2.95. The molecule has 4 rings (SSSR count). The predicted molar refractivity (Wildman–Crippen MR) is 149 cm³/mol. The number of hydrogen-bond acceptors (Lipinski definition) is 3. The van der Waals surface area contributed by atoms with Gasteiger partial charge < -0.3 is 14.2 Å². The Hall–Kier alpha value is -2.91. The zero-order chi connectivity index (χ0) is 31.0. The van der Waals surface area contributed by atoms with E-state index >= 15 is 0 Å². The molecule has 0 bridgehead atoms. The maximum Gasteiger partial charge on any atom is 0.426 e.